The van der Waals surface area contributed by atoms with Crippen LogP contribution in [0.1, 0.15) is 30.3 Å². The van der Waals surface area contributed by atoms with Crippen LogP contribution in [0.15, 0.2) is 12.1 Å². The van der Waals surface area contributed by atoms with Crippen molar-refractivity contribution in [2.45, 2.75) is 31.9 Å². The van der Waals surface area contributed by atoms with E-state index in [1.165, 1.54) is 6.07 Å². The second kappa shape index (κ2) is 5.09. The van der Waals surface area contributed by atoms with Crippen molar-refractivity contribution in [3.8, 4) is 0 Å². The lowest BCUT2D eigenvalue weighted by Gasteiger charge is -2.35. The number of anilines is 1. The Morgan fingerprint density at radius 2 is 2.29 bits per heavy atom. The van der Waals surface area contributed by atoms with Crippen LogP contribution in [0.3, 0.4) is 0 Å². The van der Waals surface area contributed by atoms with Gasteiger partial charge in [0, 0.05) is 12.6 Å². The first-order chi connectivity index (χ1) is 8.19. The summed E-state index contributed by atoms with van der Waals surface area (Å²) >= 11 is 0. The van der Waals surface area contributed by atoms with Gasteiger partial charge in [-0.25, -0.2) is 4.79 Å². The molecule has 17 heavy (non-hydrogen) atoms. The van der Waals surface area contributed by atoms with E-state index in [0.717, 1.165) is 19.4 Å². The third-order valence-electron chi connectivity index (χ3n) is 2.73. The van der Waals surface area contributed by atoms with Gasteiger partial charge < -0.3 is 15.2 Å². The molecule has 1 aromatic rings. The van der Waals surface area contributed by atoms with Crippen LogP contribution in [-0.2, 0) is 4.74 Å². The van der Waals surface area contributed by atoms with Gasteiger partial charge in [0.1, 0.15) is 5.82 Å². The van der Waals surface area contributed by atoms with E-state index in [4.69, 9.17) is 9.84 Å². The number of carbonyl (C=O) groups is 1. The fourth-order valence-corrected chi connectivity index (χ4v) is 1.79. The zero-order valence-electron chi connectivity index (χ0n) is 9.59. The molecule has 0 aliphatic heterocycles. The lowest BCUT2D eigenvalue weighted by molar-refractivity contribution is 0.00291. The largest absolute Gasteiger partial charge is 0.476 e. The summed E-state index contributed by atoms with van der Waals surface area (Å²) in [6.07, 6.45) is 2.25. The minimum atomic E-state index is -1.07. The maximum absolute atomic E-state index is 10.6. The highest BCUT2D eigenvalue weighted by Gasteiger charge is 2.29. The van der Waals surface area contributed by atoms with Crippen molar-refractivity contribution in [2.24, 2.45) is 0 Å². The van der Waals surface area contributed by atoms with E-state index in [2.05, 4.69) is 15.5 Å². The van der Waals surface area contributed by atoms with Gasteiger partial charge in [0.15, 0.2) is 5.69 Å². The van der Waals surface area contributed by atoms with Crippen LogP contribution in [0, 0.1) is 0 Å². The molecule has 0 radical (unpaired) electrons. The predicted molar refractivity (Wildman–Crippen MR) is 61.1 cm³/mol. The number of rotatable bonds is 5. The highest BCUT2D eigenvalue weighted by atomic mass is 16.5. The fraction of sp³-hybridized carbons (Fsp3) is 0.545. The van der Waals surface area contributed by atoms with Gasteiger partial charge in [-0.05, 0) is 31.9 Å². The molecule has 1 fully saturated rings. The number of nitrogens with zero attached hydrogens (tertiary/aromatic N) is 2. The van der Waals surface area contributed by atoms with Crippen LogP contribution in [0.4, 0.5) is 5.82 Å². The number of aromatic carboxylic acids is 1. The maximum atomic E-state index is 10.6. The molecule has 0 saturated heterocycles. The molecule has 0 unspecified atom stereocenters. The topological polar surface area (TPSA) is 84.3 Å². The molecule has 2 rings (SSSR count). The smallest absolute Gasteiger partial charge is 0.356 e. The summed E-state index contributed by atoms with van der Waals surface area (Å²) in [6.45, 7) is 2.72. The molecule has 6 nitrogen and oxygen atoms in total. The van der Waals surface area contributed by atoms with Gasteiger partial charge in [0.05, 0.1) is 6.10 Å². The molecule has 0 bridgehead atoms. The molecule has 1 aromatic heterocycles. The minimum absolute atomic E-state index is 0.0450. The number of hydrogen-bond acceptors (Lipinski definition) is 5. The number of carboxylic acid groups (broad SMARTS) is 1. The van der Waals surface area contributed by atoms with Gasteiger partial charge in [-0.15, -0.1) is 10.2 Å². The molecule has 0 atom stereocenters. The van der Waals surface area contributed by atoms with E-state index in [1.807, 2.05) is 6.92 Å². The van der Waals surface area contributed by atoms with Gasteiger partial charge in [-0.2, -0.15) is 0 Å². The van der Waals surface area contributed by atoms with E-state index in [-0.39, 0.29) is 5.69 Å². The van der Waals surface area contributed by atoms with Crippen molar-refractivity contribution >= 4 is 11.8 Å². The first kappa shape index (κ1) is 11.8. The van der Waals surface area contributed by atoms with Crippen molar-refractivity contribution in [2.75, 3.05) is 11.9 Å². The van der Waals surface area contributed by atoms with E-state index in [1.54, 1.807) is 6.07 Å². The number of hydrogen-bond donors (Lipinski definition) is 2. The minimum Gasteiger partial charge on any atom is -0.476 e. The van der Waals surface area contributed by atoms with Gasteiger partial charge >= 0.3 is 5.97 Å². The molecule has 6 heteroatoms. The lowest BCUT2D eigenvalue weighted by Crippen LogP contribution is -2.41. The average molecular weight is 237 g/mol. The van der Waals surface area contributed by atoms with Crippen molar-refractivity contribution in [3.05, 3.63) is 17.8 Å². The summed E-state index contributed by atoms with van der Waals surface area (Å²) in [4.78, 5) is 10.6. The third-order valence-corrected chi connectivity index (χ3v) is 2.73. The van der Waals surface area contributed by atoms with E-state index in [9.17, 15) is 4.79 Å². The summed E-state index contributed by atoms with van der Waals surface area (Å²) in [7, 11) is 0. The number of ether oxygens (including phenoxy) is 1. The molecule has 1 aliphatic carbocycles. The lowest BCUT2D eigenvalue weighted by atomic mass is 9.89. The Kier molecular flexibility index (Phi) is 3.53. The Morgan fingerprint density at radius 1 is 1.53 bits per heavy atom. The first-order valence-corrected chi connectivity index (χ1v) is 5.64. The number of nitrogens with one attached hydrogen (secondary N) is 1. The maximum Gasteiger partial charge on any atom is 0.356 e. The average Bonchev–Trinajstić information content (AvgIpc) is 2.27. The quantitative estimate of drug-likeness (QED) is 0.799. The molecule has 1 saturated carbocycles. The molecule has 1 aliphatic rings. The van der Waals surface area contributed by atoms with E-state index < -0.39 is 5.97 Å². The Morgan fingerprint density at radius 3 is 2.82 bits per heavy atom. The molecule has 0 spiro atoms. The highest BCUT2D eigenvalue weighted by molar-refractivity contribution is 5.85. The van der Waals surface area contributed by atoms with Crippen molar-refractivity contribution in [1.29, 1.82) is 0 Å². The highest BCUT2D eigenvalue weighted by Crippen LogP contribution is 2.25. The second-order valence-corrected chi connectivity index (χ2v) is 4.00. The van der Waals surface area contributed by atoms with Crippen LogP contribution in [0.25, 0.3) is 0 Å². The van der Waals surface area contributed by atoms with Gasteiger partial charge in [-0.3, -0.25) is 0 Å². The van der Waals surface area contributed by atoms with Crippen molar-refractivity contribution < 1.29 is 14.6 Å². The Balaban J connectivity index is 1.82. The van der Waals surface area contributed by atoms with Crippen LogP contribution >= 0.6 is 0 Å². The zero-order valence-corrected chi connectivity index (χ0v) is 9.59. The SMILES string of the molecule is CCOC1CC(Nc2ccc(C(=O)O)nn2)C1. The van der Waals surface area contributed by atoms with Gasteiger partial charge in [0.25, 0.3) is 0 Å². The Labute approximate surface area is 99.0 Å². The normalized spacial score (nSPS) is 22.9. The summed E-state index contributed by atoms with van der Waals surface area (Å²) in [5.41, 5.74) is -0.0450. The van der Waals surface area contributed by atoms with E-state index in [0.29, 0.717) is 18.0 Å². The zero-order chi connectivity index (χ0) is 12.3. The Bertz CT molecular complexity index is 387. The Hall–Kier alpha value is -1.69. The third kappa shape index (κ3) is 2.91. The molecule has 2 N–H and O–H groups in total. The van der Waals surface area contributed by atoms with E-state index >= 15 is 0 Å². The standard InChI is InChI=1S/C11H15N3O3/c1-2-17-8-5-7(6-8)12-10-4-3-9(11(15)16)13-14-10/h3-4,7-8H,2,5-6H2,1H3,(H,12,14)(H,15,16). The predicted octanol–water partition coefficient (Wildman–Crippen LogP) is 1.15. The summed E-state index contributed by atoms with van der Waals surface area (Å²) in [5, 5.41) is 19.3. The molecular weight excluding hydrogens is 222 g/mol. The summed E-state index contributed by atoms with van der Waals surface area (Å²) in [5.74, 6) is -0.459. The number of carboxylic acids is 1. The van der Waals surface area contributed by atoms with Crippen molar-refractivity contribution in [3.63, 3.8) is 0 Å². The first-order valence-electron chi connectivity index (χ1n) is 5.64. The summed E-state index contributed by atoms with van der Waals surface area (Å²) in [6, 6.07) is 3.41. The monoisotopic (exact) mass is 237 g/mol. The van der Waals surface area contributed by atoms with Crippen molar-refractivity contribution in [1.82, 2.24) is 10.2 Å². The molecule has 1 heterocycles. The van der Waals surface area contributed by atoms with Crippen LogP contribution in [0.2, 0.25) is 0 Å². The molecule has 0 aromatic carbocycles. The van der Waals surface area contributed by atoms with Crippen LogP contribution in [-0.4, -0.2) is 40.0 Å². The van der Waals surface area contributed by atoms with Gasteiger partial charge in [-0.1, -0.05) is 0 Å². The van der Waals surface area contributed by atoms with Gasteiger partial charge in [0.2, 0.25) is 0 Å². The molecule has 92 valence electrons. The molecule has 0 amide bonds. The second-order valence-electron chi connectivity index (χ2n) is 4.00. The molecular formula is C11H15N3O3. The number of aromatic nitrogens is 2. The fourth-order valence-electron chi connectivity index (χ4n) is 1.79. The summed E-state index contributed by atoms with van der Waals surface area (Å²) < 4.78 is 5.44. The van der Waals surface area contributed by atoms with Crippen LogP contribution in [0.5, 0.6) is 0 Å². The van der Waals surface area contributed by atoms with Crippen LogP contribution < -0.4 is 5.32 Å².